The van der Waals surface area contributed by atoms with Crippen LogP contribution in [-0.2, 0) is 0 Å². The molecule has 2 N–H and O–H groups in total. The van der Waals surface area contributed by atoms with Crippen molar-refractivity contribution in [1.29, 1.82) is 0 Å². The molecule has 0 aromatic carbocycles. The Morgan fingerprint density at radius 1 is 1.27 bits per heavy atom. The van der Waals surface area contributed by atoms with E-state index < -0.39 is 37.1 Å². The molecule has 0 aromatic heterocycles. The minimum atomic E-state index is -3.53. The molecule has 0 spiro atoms. The van der Waals surface area contributed by atoms with E-state index in [1.807, 2.05) is 0 Å². The summed E-state index contributed by atoms with van der Waals surface area (Å²) in [6.45, 7) is 2.88. The van der Waals surface area contributed by atoms with Crippen molar-refractivity contribution in [2.24, 2.45) is 16.0 Å². The fourth-order valence-electron chi connectivity index (χ4n) is 1.31. The zero-order valence-corrected chi connectivity index (χ0v) is 7.76. The number of hydrogen-bond acceptors (Lipinski definition) is 3. The standard InChI is InChI=1S/C7H10F4N4/c1-13-15-5(14-12)4-6(8,9)2-3-7(15,10)11/h1-4,12H2/b14-5-. The van der Waals surface area contributed by atoms with Crippen molar-refractivity contribution in [3.8, 4) is 0 Å². The van der Waals surface area contributed by atoms with Crippen LogP contribution < -0.4 is 5.84 Å². The van der Waals surface area contributed by atoms with Crippen LogP contribution in [-0.4, -0.2) is 29.5 Å². The zero-order valence-electron chi connectivity index (χ0n) is 7.76. The van der Waals surface area contributed by atoms with Crippen molar-refractivity contribution in [3.05, 3.63) is 0 Å². The minimum absolute atomic E-state index is 0.0495. The molecule has 1 rings (SSSR count). The van der Waals surface area contributed by atoms with Gasteiger partial charge in [0.05, 0.1) is 6.42 Å². The molecule has 1 aliphatic heterocycles. The average molecular weight is 226 g/mol. The van der Waals surface area contributed by atoms with Crippen LogP contribution in [0.1, 0.15) is 19.3 Å². The van der Waals surface area contributed by atoms with Gasteiger partial charge in [-0.25, -0.2) is 8.78 Å². The second-order valence-electron chi connectivity index (χ2n) is 3.20. The van der Waals surface area contributed by atoms with Crippen LogP contribution in [0, 0.1) is 0 Å². The van der Waals surface area contributed by atoms with Crippen molar-refractivity contribution in [2.75, 3.05) is 0 Å². The van der Waals surface area contributed by atoms with E-state index in [1.165, 1.54) is 0 Å². The van der Waals surface area contributed by atoms with Crippen molar-refractivity contribution in [1.82, 2.24) is 5.01 Å². The lowest BCUT2D eigenvalue weighted by Gasteiger charge is -2.25. The summed E-state index contributed by atoms with van der Waals surface area (Å²) >= 11 is 0. The van der Waals surface area contributed by atoms with E-state index in [0.717, 1.165) is 0 Å². The Balaban J connectivity index is 3.07. The number of amidine groups is 1. The van der Waals surface area contributed by atoms with Gasteiger partial charge in [0.15, 0.2) is 5.84 Å². The predicted octanol–water partition coefficient (Wildman–Crippen LogP) is 1.59. The molecule has 0 aromatic rings. The summed E-state index contributed by atoms with van der Waals surface area (Å²) in [6.07, 6.45) is -2.92. The molecule has 86 valence electrons. The lowest BCUT2D eigenvalue weighted by molar-refractivity contribution is -0.121. The van der Waals surface area contributed by atoms with Crippen LogP contribution >= 0.6 is 0 Å². The summed E-state index contributed by atoms with van der Waals surface area (Å²) in [5, 5.41) is 5.92. The largest absolute Gasteiger partial charge is 0.345 e. The van der Waals surface area contributed by atoms with Crippen LogP contribution in [0.4, 0.5) is 17.6 Å². The highest BCUT2D eigenvalue weighted by Gasteiger charge is 2.48. The van der Waals surface area contributed by atoms with E-state index in [-0.39, 0.29) is 5.01 Å². The number of hydrazone groups is 2. The summed E-state index contributed by atoms with van der Waals surface area (Å²) in [6, 6.07) is -3.53. The molecular formula is C7H10F4N4. The van der Waals surface area contributed by atoms with Gasteiger partial charge in [-0.1, -0.05) is 0 Å². The highest BCUT2D eigenvalue weighted by molar-refractivity contribution is 5.83. The van der Waals surface area contributed by atoms with Crippen molar-refractivity contribution < 1.29 is 17.6 Å². The maximum absolute atomic E-state index is 13.2. The van der Waals surface area contributed by atoms with Crippen LogP contribution in [0.5, 0.6) is 0 Å². The molecule has 1 saturated heterocycles. The van der Waals surface area contributed by atoms with E-state index in [2.05, 4.69) is 16.9 Å². The smallest absolute Gasteiger partial charge is 0.322 e. The summed E-state index contributed by atoms with van der Waals surface area (Å²) in [5.41, 5.74) is 0. The third kappa shape index (κ3) is 2.37. The first-order chi connectivity index (χ1) is 6.82. The maximum Gasteiger partial charge on any atom is 0.345 e. The lowest BCUT2D eigenvalue weighted by Crippen LogP contribution is -2.41. The molecule has 0 atom stereocenters. The maximum atomic E-state index is 13.2. The van der Waals surface area contributed by atoms with Gasteiger partial charge in [-0.2, -0.15) is 24.0 Å². The summed E-state index contributed by atoms with van der Waals surface area (Å²) < 4.78 is 52.5. The molecule has 1 fully saturated rings. The normalized spacial score (nSPS) is 27.5. The van der Waals surface area contributed by atoms with Gasteiger partial charge in [0.1, 0.15) is 0 Å². The van der Waals surface area contributed by atoms with E-state index in [0.29, 0.717) is 0 Å². The van der Waals surface area contributed by atoms with Crippen molar-refractivity contribution >= 4 is 12.6 Å². The Hall–Kier alpha value is -1.34. The molecule has 0 aliphatic carbocycles. The summed E-state index contributed by atoms with van der Waals surface area (Å²) in [7, 11) is 0. The molecule has 8 heteroatoms. The predicted molar refractivity (Wildman–Crippen MR) is 46.8 cm³/mol. The van der Waals surface area contributed by atoms with Gasteiger partial charge in [-0.3, -0.25) is 0 Å². The van der Waals surface area contributed by atoms with Gasteiger partial charge >= 0.3 is 6.05 Å². The first kappa shape index (κ1) is 11.7. The van der Waals surface area contributed by atoms with Crippen LogP contribution in [0.15, 0.2) is 10.2 Å². The average Bonchev–Trinajstić information content (AvgIpc) is 2.22. The molecule has 0 amide bonds. The molecule has 1 heterocycles. The van der Waals surface area contributed by atoms with Gasteiger partial charge in [-0.05, 0) is 0 Å². The molecule has 0 bridgehead atoms. The summed E-state index contributed by atoms with van der Waals surface area (Å²) in [4.78, 5) is 0. The van der Waals surface area contributed by atoms with Gasteiger partial charge in [0, 0.05) is 19.6 Å². The fourth-order valence-corrected chi connectivity index (χ4v) is 1.31. The lowest BCUT2D eigenvalue weighted by atomic mass is 10.1. The Morgan fingerprint density at radius 2 is 1.87 bits per heavy atom. The molecule has 1 aliphatic rings. The topological polar surface area (TPSA) is 54.0 Å². The van der Waals surface area contributed by atoms with Crippen molar-refractivity contribution in [2.45, 2.75) is 31.2 Å². The number of halogens is 4. The SMILES string of the molecule is C=NN1/C(=N\N)CC(F)(F)CCC1(F)F. The fraction of sp³-hybridized carbons (Fsp3) is 0.714. The highest BCUT2D eigenvalue weighted by Crippen LogP contribution is 2.38. The van der Waals surface area contributed by atoms with E-state index in [1.54, 1.807) is 0 Å². The first-order valence-corrected chi connectivity index (χ1v) is 4.12. The second-order valence-corrected chi connectivity index (χ2v) is 3.20. The second kappa shape index (κ2) is 3.67. The number of hydrogen-bond donors (Lipinski definition) is 1. The number of alkyl halides is 4. The molecule has 15 heavy (non-hydrogen) atoms. The van der Waals surface area contributed by atoms with E-state index >= 15 is 0 Å². The Labute approximate surface area is 83.4 Å². The Morgan fingerprint density at radius 3 is 2.33 bits per heavy atom. The monoisotopic (exact) mass is 226 g/mol. The van der Waals surface area contributed by atoms with Gasteiger partial charge in [-0.15, -0.1) is 0 Å². The minimum Gasteiger partial charge on any atom is -0.322 e. The molecule has 0 saturated carbocycles. The summed E-state index contributed by atoms with van der Waals surface area (Å²) in [5.74, 6) is 0.855. The van der Waals surface area contributed by atoms with Gasteiger partial charge < -0.3 is 5.84 Å². The zero-order chi connectivity index (χ0) is 11.7. The van der Waals surface area contributed by atoms with Crippen LogP contribution in [0.25, 0.3) is 0 Å². The number of nitrogens with two attached hydrogens (primary N) is 1. The molecular weight excluding hydrogens is 216 g/mol. The van der Waals surface area contributed by atoms with Crippen LogP contribution in [0.2, 0.25) is 0 Å². The third-order valence-corrected chi connectivity index (χ3v) is 2.05. The first-order valence-electron chi connectivity index (χ1n) is 4.12. The molecule has 0 radical (unpaired) electrons. The quantitative estimate of drug-likeness (QED) is 0.243. The van der Waals surface area contributed by atoms with Gasteiger partial charge in [0.2, 0.25) is 0 Å². The van der Waals surface area contributed by atoms with E-state index in [9.17, 15) is 17.6 Å². The van der Waals surface area contributed by atoms with Crippen molar-refractivity contribution in [3.63, 3.8) is 0 Å². The molecule has 0 unspecified atom stereocenters. The van der Waals surface area contributed by atoms with E-state index in [4.69, 9.17) is 5.84 Å². The van der Waals surface area contributed by atoms with Gasteiger partial charge in [0.25, 0.3) is 5.92 Å². The Bertz CT molecular complexity index is 289. The third-order valence-electron chi connectivity index (χ3n) is 2.05. The highest BCUT2D eigenvalue weighted by atomic mass is 19.3. The molecule has 4 nitrogen and oxygen atoms in total. The number of rotatable bonds is 1. The Kier molecular flexibility index (Phi) is 2.87. The van der Waals surface area contributed by atoms with Crippen LogP contribution in [0.3, 0.4) is 0 Å². The number of nitrogens with zero attached hydrogens (tertiary/aromatic N) is 3.